The Morgan fingerprint density at radius 2 is 1.21 bits per heavy atom. The lowest BCUT2D eigenvalue weighted by atomic mass is 9.82. The number of rotatable bonds is 27. The molecule has 1 fully saturated rings. The van der Waals surface area contributed by atoms with E-state index in [2.05, 4.69) is 19.2 Å². The Morgan fingerprint density at radius 3 is 1.84 bits per heavy atom. The number of unbranched alkanes of at least 4 members (excludes halogenated alkanes) is 6. The maximum absolute atomic E-state index is 13.4. The minimum absolute atomic E-state index is 0.219. The van der Waals surface area contributed by atoms with Crippen molar-refractivity contribution in [2.75, 3.05) is 40.1 Å². The van der Waals surface area contributed by atoms with Crippen molar-refractivity contribution in [3.63, 3.8) is 0 Å². The van der Waals surface area contributed by atoms with Crippen LogP contribution in [0.2, 0.25) is 0 Å². The second kappa shape index (κ2) is 26.9. The normalized spacial score (nSPS) is 15.7. The van der Waals surface area contributed by atoms with Crippen LogP contribution in [0.3, 0.4) is 0 Å². The number of methoxy groups -OCH3 is 1. The molecule has 2 aliphatic carbocycles. The van der Waals surface area contributed by atoms with Crippen LogP contribution >= 0.6 is 11.8 Å². The molecule has 0 saturated heterocycles. The molecule has 0 amide bonds. The molecule has 1 aromatic heterocycles. The van der Waals surface area contributed by atoms with Gasteiger partial charge in [-0.3, -0.25) is 9.59 Å². The number of nitrogens with zero attached hydrogens (tertiary/aromatic N) is 1. The molecular weight excluding hydrogens is 871 g/mol. The van der Waals surface area contributed by atoms with E-state index in [1.807, 2.05) is 66.7 Å². The van der Waals surface area contributed by atoms with Crippen LogP contribution in [-0.2, 0) is 44.5 Å². The highest BCUT2D eigenvalue weighted by Gasteiger charge is 2.32. The van der Waals surface area contributed by atoms with E-state index in [9.17, 15) is 19.2 Å². The number of esters is 4. The summed E-state index contributed by atoms with van der Waals surface area (Å²) in [4.78, 5) is 55.0. The number of aromatic nitrogens is 1. The van der Waals surface area contributed by atoms with Crippen molar-refractivity contribution in [2.24, 2.45) is 11.8 Å². The summed E-state index contributed by atoms with van der Waals surface area (Å²) in [6.45, 7) is 9.16. The van der Waals surface area contributed by atoms with Crippen LogP contribution in [-0.4, -0.2) is 69.0 Å². The first kappa shape index (κ1) is 50.3. The van der Waals surface area contributed by atoms with E-state index in [0.29, 0.717) is 64.3 Å². The van der Waals surface area contributed by atoms with Crippen molar-refractivity contribution in [2.45, 2.75) is 101 Å². The van der Waals surface area contributed by atoms with Crippen LogP contribution in [0.1, 0.15) is 95.5 Å². The number of thioether (sulfide) groups is 1. The zero-order chi connectivity index (χ0) is 47.2. The van der Waals surface area contributed by atoms with E-state index in [1.54, 1.807) is 18.9 Å². The molecule has 0 bridgehead atoms. The summed E-state index contributed by atoms with van der Waals surface area (Å²) in [5.41, 5.74) is 1.77. The van der Waals surface area contributed by atoms with Crippen molar-refractivity contribution in [1.29, 1.82) is 0 Å². The van der Waals surface area contributed by atoms with Crippen molar-refractivity contribution in [3.8, 4) is 17.2 Å². The number of carbonyl (C=O) groups is 4. The summed E-state index contributed by atoms with van der Waals surface area (Å²) in [6, 6.07) is 19.4. The first-order chi connectivity index (χ1) is 32.7. The fraction of sp³-hybridized carbons (Fsp3) is 0.426. The van der Waals surface area contributed by atoms with Gasteiger partial charge in [0.1, 0.15) is 22.3 Å². The maximum Gasteiger partial charge on any atom is 0.330 e. The standard InChI is InChI=1S/C54H63NO11S/c1-4-50(56)63-33-12-8-6-10-31-61-41-20-14-38(15-21-41)30-35-65-53(58)39-16-18-40(19-17-39)54(59)66-44-25-29-47-46-28-24-43(60-3)36-48(46)52(55-49(47)37-44)67-45-26-22-42(23-27-45)62-32-11-7-9-13-34-64-51(57)5-2/h4-5,14-15,20-22,24-26,28-29,36-37,39-40H,1-2,6-13,16-19,23,27,30-35H2,3H3. The van der Waals surface area contributed by atoms with Gasteiger partial charge in [0.25, 0.3) is 0 Å². The minimum atomic E-state index is -0.388. The summed E-state index contributed by atoms with van der Waals surface area (Å²) >= 11 is 1.62. The largest absolute Gasteiger partial charge is 0.498 e. The van der Waals surface area contributed by atoms with Crippen LogP contribution < -0.4 is 14.2 Å². The van der Waals surface area contributed by atoms with Gasteiger partial charge in [-0.15, -0.1) is 0 Å². The topological polar surface area (TPSA) is 146 Å². The highest BCUT2D eigenvalue weighted by Crippen LogP contribution is 2.41. The molecule has 67 heavy (non-hydrogen) atoms. The summed E-state index contributed by atoms with van der Waals surface area (Å²) in [5.74, 6) is 1.10. The minimum Gasteiger partial charge on any atom is -0.498 e. The van der Waals surface area contributed by atoms with E-state index in [0.717, 1.165) is 114 Å². The number of allylic oxidation sites excluding steroid dienone is 4. The Labute approximate surface area is 398 Å². The van der Waals surface area contributed by atoms with Crippen molar-refractivity contribution >= 4 is 57.3 Å². The fourth-order valence-corrected chi connectivity index (χ4v) is 9.02. The van der Waals surface area contributed by atoms with E-state index >= 15 is 0 Å². The molecule has 0 N–H and O–H groups in total. The van der Waals surface area contributed by atoms with Gasteiger partial charge in [0.15, 0.2) is 0 Å². The van der Waals surface area contributed by atoms with Crippen LogP contribution in [0.15, 0.2) is 114 Å². The zero-order valence-corrected chi connectivity index (χ0v) is 39.5. The summed E-state index contributed by atoms with van der Waals surface area (Å²) in [5, 5.41) is 3.78. The molecular formula is C54H63NO11S. The second-order valence-electron chi connectivity index (χ2n) is 16.7. The average Bonchev–Trinajstić information content (AvgIpc) is 3.36. The van der Waals surface area contributed by atoms with Gasteiger partial charge in [0, 0.05) is 41.8 Å². The summed E-state index contributed by atoms with van der Waals surface area (Å²) < 4.78 is 39.2. The third kappa shape index (κ3) is 16.0. The van der Waals surface area contributed by atoms with E-state index in [-0.39, 0.29) is 42.3 Å². The molecule has 0 atom stereocenters. The molecule has 1 heterocycles. The Morgan fingerprint density at radius 1 is 0.612 bits per heavy atom. The lowest BCUT2D eigenvalue weighted by molar-refractivity contribution is -0.152. The van der Waals surface area contributed by atoms with Crippen LogP contribution in [0.25, 0.3) is 21.7 Å². The van der Waals surface area contributed by atoms with Crippen molar-refractivity contribution in [3.05, 3.63) is 114 Å². The lowest BCUT2D eigenvalue weighted by Crippen LogP contribution is -2.29. The Bertz CT molecular complexity index is 2380. The quantitative estimate of drug-likeness (QED) is 0.0140. The van der Waals surface area contributed by atoms with Gasteiger partial charge in [0.05, 0.1) is 63.3 Å². The van der Waals surface area contributed by atoms with Crippen LogP contribution in [0.5, 0.6) is 17.2 Å². The molecule has 4 aromatic rings. The third-order valence-corrected chi connectivity index (χ3v) is 13.0. The van der Waals surface area contributed by atoms with Crippen molar-refractivity contribution in [1.82, 2.24) is 4.98 Å². The highest BCUT2D eigenvalue weighted by atomic mass is 32.2. The molecule has 3 aromatic carbocycles. The number of hydrogen-bond acceptors (Lipinski definition) is 13. The predicted molar refractivity (Wildman–Crippen MR) is 260 cm³/mol. The van der Waals surface area contributed by atoms with E-state index in [4.69, 9.17) is 38.1 Å². The fourth-order valence-electron chi connectivity index (χ4n) is 8.01. The molecule has 356 valence electrons. The number of carbonyl (C=O) groups excluding carboxylic acids is 4. The Hall–Kier alpha value is -6.08. The first-order valence-corrected chi connectivity index (χ1v) is 24.3. The van der Waals surface area contributed by atoms with Gasteiger partial charge in [-0.25, -0.2) is 14.6 Å². The van der Waals surface area contributed by atoms with Gasteiger partial charge in [-0.2, -0.15) is 0 Å². The number of hydrogen-bond donors (Lipinski definition) is 0. The smallest absolute Gasteiger partial charge is 0.330 e. The third-order valence-electron chi connectivity index (χ3n) is 11.9. The molecule has 0 unspecified atom stereocenters. The molecule has 1 saturated carbocycles. The van der Waals surface area contributed by atoms with Gasteiger partial charge in [-0.1, -0.05) is 37.1 Å². The van der Waals surface area contributed by atoms with E-state index in [1.165, 1.54) is 17.1 Å². The Balaban J connectivity index is 0.934. The summed E-state index contributed by atoms with van der Waals surface area (Å²) in [7, 11) is 1.65. The Kier molecular flexibility index (Phi) is 20.2. The molecule has 6 rings (SSSR count). The highest BCUT2D eigenvalue weighted by molar-refractivity contribution is 8.03. The number of fused-ring (bicyclic) bond motifs is 3. The molecule has 0 radical (unpaired) electrons. The maximum atomic E-state index is 13.4. The number of ether oxygens (including phenoxy) is 7. The predicted octanol–water partition coefficient (Wildman–Crippen LogP) is 11.5. The second-order valence-corrected chi connectivity index (χ2v) is 17.8. The molecule has 12 nitrogen and oxygen atoms in total. The number of benzene rings is 3. The van der Waals surface area contributed by atoms with Gasteiger partial charge < -0.3 is 33.2 Å². The lowest BCUT2D eigenvalue weighted by Gasteiger charge is -2.26. The van der Waals surface area contributed by atoms with Gasteiger partial charge in [0.2, 0.25) is 0 Å². The van der Waals surface area contributed by atoms with Gasteiger partial charge in [-0.05, 0) is 154 Å². The van der Waals surface area contributed by atoms with Crippen LogP contribution in [0.4, 0.5) is 0 Å². The van der Waals surface area contributed by atoms with Crippen molar-refractivity contribution < 1.29 is 52.3 Å². The number of pyridine rings is 1. The monoisotopic (exact) mass is 933 g/mol. The zero-order valence-electron chi connectivity index (χ0n) is 38.6. The summed E-state index contributed by atoms with van der Waals surface area (Å²) in [6.07, 6.45) is 18.4. The van der Waals surface area contributed by atoms with E-state index < -0.39 is 0 Å². The molecule has 13 heteroatoms. The first-order valence-electron chi connectivity index (χ1n) is 23.5. The average molecular weight is 934 g/mol. The molecule has 2 aliphatic rings. The van der Waals surface area contributed by atoms with Crippen LogP contribution in [0, 0.1) is 11.8 Å². The molecule has 0 aliphatic heterocycles. The SMILES string of the molecule is C=CC(=O)OCCCCCCOC1=CC=C(Sc2nc3cc(OC(=O)C4CCC(C(=O)OCCc5ccc(OCCCCCCOC(=O)C=C)cc5)CC4)ccc3c3ccc(OC)cc23)CC1. The molecule has 0 spiro atoms. The van der Waals surface area contributed by atoms with Gasteiger partial charge >= 0.3 is 23.9 Å².